The Bertz CT molecular complexity index is 742. The standard InChI is InChI=1S/C19H20F2N2O3/c20-16-8-15(9-17(21)10-16)12-22(13-19-2-1-7-26-19)11-14-3-5-18(6-4-14)23(24)25/h3-6,8-10,19H,1-2,7,11-13H2. The molecule has 1 aliphatic heterocycles. The molecule has 1 heterocycles. The molecule has 2 aromatic rings. The molecule has 1 unspecified atom stereocenters. The molecule has 0 spiro atoms. The summed E-state index contributed by atoms with van der Waals surface area (Å²) in [6.45, 7) is 2.24. The lowest BCUT2D eigenvalue weighted by Crippen LogP contribution is -2.31. The molecule has 0 N–H and O–H groups in total. The highest BCUT2D eigenvalue weighted by Crippen LogP contribution is 2.19. The zero-order chi connectivity index (χ0) is 18.5. The number of hydrogen-bond donors (Lipinski definition) is 0. The second kappa shape index (κ2) is 8.33. The van der Waals surface area contributed by atoms with Crippen LogP contribution in [0.3, 0.4) is 0 Å². The fourth-order valence-electron chi connectivity index (χ4n) is 3.20. The molecule has 26 heavy (non-hydrogen) atoms. The van der Waals surface area contributed by atoms with Crippen molar-refractivity contribution in [3.63, 3.8) is 0 Å². The summed E-state index contributed by atoms with van der Waals surface area (Å²) in [5.41, 5.74) is 1.47. The minimum absolute atomic E-state index is 0.0339. The fourth-order valence-corrected chi connectivity index (χ4v) is 3.20. The molecule has 1 saturated heterocycles. The van der Waals surface area contributed by atoms with Crippen molar-refractivity contribution in [1.29, 1.82) is 0 Å². The van der Waals surface area contributed by atoms with Crippen molar-refractivity contribution in [2.75, 3.05) is 13.2 Å². The lowest BCUT2D eigenvalue weighted by atomic mass is 10.1. The zero-order valence-electron chi connectivity index (χ0n) is 14.2. The predicted molar refractivity (Wildman–Crippen MR) is 92.5 cm³/mol. The van der Waals surface area contributed by atoms with E-state index in [1.807, 2.05) is 4.90 Å². The van der Waals surface area contributed by atoms with Crippen LogP contribution in [0.4, 0.5) is 14.5 Å². The summed E-state index contributed by atoms with van der Waals surface area (Å²) >= 11 is 0. The molecular formula is C19H20F2N2O3. The predicted octanol–water partition coefficient (Wildman–Crippen LogP) is 4.05. The van der Waals surface area contributed by atoms with Gasteiger partial charge in [-0.1, -0.05) is 12.1 Å². The highest BCUT2D eigenvalue weighted by molar-refractivity contribution is 5.32. The smallest absolute Gasteiger partial charge is 0.269 e. The molecule has 1 atom stereocenters. The SMILES string of the molecule is O=[N+]([O-])c1ccc(CN(Cc2cc(F)cc(F)c2)CC2CCCO2)cc1. The third kappa shape index (κ3) is 5.06. The van der Waals surface area contributed by atoms with Crippen molar-refractivity contribution in [2.45, 2.75) is 32.0 Å². The average molecular weight is 362 g/mol. The van der Waals surface area contributed by atoms with Crippen LogP contribution in [0.2, 0.25) is 0 Å². The third-order valence-corrected chi connectivity index (χ3v) is 4.37. The highest BCUT2D eigenvalue weighted by Gasteiger charge is 2.20. The zero-order valence-corrected chi connectivity index (χ0v) is 14.2. The molecule has 3 rings (SSSR count). The average Bonchev–Trinajstić information content (AvgIpc) is 3.07. The Balaban J connectivity index is 1.74. The largest absolute Gasteiger partial charge is 0.377 e. The van der Waals surface area contributed by atoms with Crippen molar-refractivity contribution < 1.29 is 18.4 Å². The Morgan fingerprint density at radius 3 is 2.31 bits per heavy atom. The number of benzene rings is 2. The lowest BCUT2D eigenvalue weighted by molar-refractivity contribution is -0.384. The van der Waals surface area contributed by atoms with Gasteiger partial charge >= 0.3 is 0 Å². The van der Waals surface area contributed by atoms with E-state index in [0.717, 1.165) is 31.1 Å². The van der Waals surface area contributed by atoms with Crippen molar-refractivity contribution in [3.05, 3.63) is 75.3 Å². The van der Waals surface area contributed by atoms with Gasteiger partial charge in [0.15, 0.2) is 0 Å². The second-order valence-corrected chi connectivity index (χ2v) is 6.51. The molecule has 0 aromatic heterocycles. The van der Waals surface area contributed by atoms with Crippen LogP contribution in [0, 0.1) is 21.7 Å². The number of hydrogen-bond acceptors (Lipinski definition) is 4. The molecule has 0 bridgehead atoms. The summed E-state index contributed by atoms with van der Waals surface area (Å²) in [6, 6.07) is 9.82. The Hall–Kier alpha value is -2.38. The number of rotatable bonds is 7. The van der Waals surface area contributed by atoms with Gasteiger partial charge in [0.25, 0.3) is 5.69 Å². The molecule has 7 heteroatoms. The van der Waals surface area contributed by atoms with Gasteiger partial charge in [0.2, 0.25) is 0 Å². The minimum Gasteiger partial charge on any atom is -0.377 e. The van der Waals surface area contributed by atoms with Crippen LogP contribution < -0.4 is 0 Å². The number of ether oxygens (including phenoxy) is 1. The number of nitro benzene ring substituents is 1. The first-order valence-electron chi connectivity index (χ1n) is 8.52. The van der Waals surface area contributed by atoms with E-state index in [1.54, 1.807) is 12.1 Å². The van der Waals surface area contributed by atoms with Gasteiger partial charge in [0.05, 0.1) is 11.0 Å². The van der Waals surface area contributed by atoms with E-state index in [-0.39, 0.29) is 11.8 Å². The summed E-state index contributed by atoms with van der Waals surface area (Å²) in [6.07, 6.45) is 2.05. The lowest BCUT2D eigenvalue weighted by Gasteiger charge is -2.25. The van der Waals surface area contributed by atoms with E-state index in [0.29, 0.717) is 25.2 Å². The third-order valence-electron chi connectivity index (χ3n) is 4.37. The van der Waals surface area contributed by atoms with Crippen molar-refractivity contribution in [2.24, 2.45) is 0 Å². The van der Waals surface area contributed by atoms with Gasteiger partial charge in [0.1, 0.15) is 11.6 Å². The maximum Gasteiger partial charge on any atom is 0.269 e. The quantitative estimate of drug-likeness (QED) is 0.551. The van der Waals surface area contributed by atoms with E-state index >= 15 is 0 Å². The van der Waals surface area contributed by atoms with Gasteiger partial charge in [-0.3, -0.25) is 15.0 Å². The first-order valence-corrected chi connectivity index (χ1v) is 8.52. The van der Waals surface area contributed by atoms with Crippen molar-refractivity contribution in [1.82, 2.24) is 4.90 Å². The molecule has 0 radical (unpaired) electrons. The molecule has 138 valence electrons. The molecule has 1 aliphatic rings. The monoisotopic (exact) mass is 362 g/mol. The molecular weight excluding hydrogens is 342 g/mol. The summed E-state index contributed by atoms with van der Waals surface area (Å²) in [7, 11) is 0. The van der Waals surface area contributed by atoms with Crippen molar-refractivity contribution in [3.8, 4) is 0 Å². The van der Waals surface area contributed by atoms with Crippen LogP contribution in [0.15, 0.2) is 42.5 Å². The first-order chi connectivity index (χ1) is 12.5. The van der Waals surface area contributed by atoms with Crippen LogP contribution in [-0.2, 0) is 17.8 Å². The fraction of sp³-hybridized carbons (Fsp3) is 0.368. The van der Waals surface area contributed by atoms with Gasteiger partial charge in [-0.15, -0.1) is 0 Å². The molecule has 1 fully saturated rings. The van der Waals surface area contributed by atoms with Crippen LogP contribution in [0.5, 0.6) is 0 Å². The van der Waals surface area contributed by atoms with Gasteiger partial charge in [-0.25, -0.2) is 8.78 Å². The van der Waals surface area contributed by atoms with E-state index in [9.17, 15) is 18.9 Å². The van der Waals surface area contributed by atoms with Crippen LogP contribution in [0.1, 0.15) is 24.0 Å². The number of nitrogens with zero attached hydrogens (tertiary/aromatic N) is 2. The first kappa shape index (κ1) is 18.4. The minimum atomic E-state index is -0.604. The molecule has 0 aliphatic carbocycles. The molecule has 0 saturated carbocycles. The van der Waals surface area contributed by atoms with Gasteiger partial charge in [-0.05, 0) is 36.1 Å². The van der Waals surface area contributed by atoms with Crippen LogP contribution >= 0.6 is 0 Å². The van der Waals surface area contributed by atoms with E-state index in [4.69, 9.17) is 4.74 Å². The maximum atomic E-state index is 13.5. The summed E-state index contributed by atoms with van der Waals surface area (Å²) in [5, 5.41) is 10.8. The Morgan fingerprint density at radius 2 is 1.73 bits per heavy atom. The maximum absolute atomic E-state index is 13.5. The summed E-state index contributed by atoms with van der Waals surface area (Å²) < 4.78 is 32.6. The van der Waals surface area contributed by atoms with Crippen LogP contribution in [-0.4, -0.2) is 29.1 Å². The Kier molecular flexibility index (Phi) is 5.90. The van der Waals surface area contributed by atoms with E-state index in [1.165, 1.54) is 24.3 Å². The van der Waals surface area contributed by atoms with Gasteiger partial charge in [-0.2, -0.15) is 0 Å². The summed E-state index contributed by atoms with van der Waals surface area (Å²) in [4.78, 5) is 12.4. The van der Waals surface area contributed by atoms with Gasteiger partial charge in [0, 0.05) is 44.4 Å². The summed E-state index contributed by atoms with van der Waals surface area (Å²) in [5.74, 6) is -1.21. The second-order valence-electron chi connectivity index (χ2n) is 6.51. The van der Waals surface area contributed by atoms with E-state index in [2.05, 4.69) is 0 Å². The number of non-ortho nitro benzene ring substituents is 1. The Morgan fingerprint density at radius 1 is 1.08 bits per heavy atom. The van der Waals surface area contributed by atoms with Crippen LogP contribution in [0.25, 0.3) is 0 Å². The van der Waals surface area contributed by atoms with Gasteiger partial charge < -0.3 is 4.74 Å². The van der Waals surface area contributed by atoms with Crippen molar-refractivity contribution >= 4 is 5.69 Å². The normalized spacial score (nSPS) is 17.0. The number of halogens is 2. The number of nitro groups is 1. The topological polar surface area (TPSA) is 55.6 Å². The molecule has 2 aromatic carbocycles. The highest BCUT2D eigenvalue weighted by atomic mass is 19.1. The Labute approximate surface area is 150 Å². The molecule has 0 amide bonds. The van der Waals surface area contributed by atoms with E-state index < -0.39 is 16.6 Å². The molecule has 5 nitrogen and oxygen atoms in total.